The third-order valence-corrected chi connectivity index (χ3v) is 2.51. The molecule has 0 aliphatic carbocycles. The van der Waals surface area contributed by atoms with Crippen LogP contribution in [0.15, 0.2) is 30.5 Å². The Bertz CT molecular complexity index is 677. The number of carbonyl (C=O) groups is 1. The highest BCUT2D eigenvalue weighted by Gasteiger charge is 2.34. The molecule has 0 aliphatic heterocycles. The fourth-order valence-corrected chi connectivity index (χ4v) is 1.63. The summed E-state index contributed by atoms with van der Waals surface area (Å²) in [5, 5.41) is 8.80. The van der Waals surface area contributed by atoms with Crippen molar-refractivity contribution in [2.45, 2.75) is 6.18 Å². The summed E-state index contributed by atoms with van der Waals surface area (Å²) in [5.41, 5.74) is 3.64. The van der Waals surface area contributed by atoms with E-state index in [-0.39, 0.29) is 29.5 Å². The molecule has 21 heavy (non-hydrogen) atoms. The zero-order valence-electron chi connectivity index (χ0n) is 10.3. The molecule has 0 aliphatic rings. The number of halogens is 4. The molecular weight excluding hydrogens is 311 g/mol. The minimum Gasteiger partial charge on any atom is -0.478 e. The van der Waals surface area contributed by atoms with Crippen molar-refractivity contribution in [3.8, 4) is 11.4 Å². The smallest absolute Gasteiger partial charge is 0.418 e. The van der Waals surface area contributed by atoms with E-state index in [1.165, 1.54) is 6.20 Å². The van der Waals surface area contributed by atoms with Gasteiger partial charge >= 0.3 is 12.1 Å². The molecule has 112 valence electrons. The van der Waals surface area contributed by atoms with Crippen LogP contribution in [0, 0.1) is 0 Å². The van der Waals surface area contributed by atoms with Crippen molar-refractivity contribution in [1.29, 1.82) is 0 Å². The van der Waals surface area contributed by atoms with E-state index in [0.717, 1.165) is 24.3 Å². The van der Waals surface area contributed by atoms with Crippen LogP contribution >= 0.6 is 12.4 Å². The van der Waals surface area contributed by atoms with Crippen molar-refractivity contribution in [2.75, 3.05) is 5.73 Å². The highest BCUT2D eigenvalue weighted by molar-refractivity contribution is 5.93. The summed E-state index contributed by atoms with van der Waals surface area (Å²) in [6, 6.07) is 4.25. The number of hydrogen-bond acceptors (Lipinski definition) is 4. The van der Waals surface area contributed by atoms with Crippen molar-refractivity contribution >= 4 is 24.2 Å². The first-order valence-corrected chi connectivity index (χ1v) is 5.33. The molecule has 0 saturated heterocycles. The van der Waals surface area contributed by atoms with Crippen LogP contribution < -0.4 is 5.73 Å². The number of aromatic carboxylic acids is 1. The van der Waals surface area contributed by atoms with Crippen LogP contribution in [0.2, 0.25) is 0 Å². The molecular formula is C12H9ClF3N3O2. The maximum atomic E-state index is 12.8. The molecule has 0 unspecified atom stereocenters. The zero-order chi connectivity index (χ0) is 14.9. The fourth-order valence-electron chi connectivity index (χ4n) is 1.63. The highest BCUT2D eigenvalue weighted by atomic mass is 35.5. The predicted octanol–water partition coefficient (Wildman–Crippen LogP) is 2.86. The second kappa shape index (κ2) is 5.96. The topological polar surface area (TPSA) is 89.1 Å². The summed E-state index contributed by atoms with van der Waals surface area (Å²) in [5.74, 6) is -1.67. The monoisotopic (exact) mass is 319 g/mol. The number of carboxylic acid groups (broad SMARTS) is 1. The molecule has 2 rings (SSSR count). The van der Waals surface area contributed by atoms with E-state index < -0.39 is 23.4 Å². The molecule has 5 nitrogen and oxygen atoms in total. The molecule has 2 heterocycles. The number of alkyl halides is 3. The lowest BCUT2D eigenvalue weighted by molar-refractivity contribution is -0.137. The second-order valence-electron chi connectivity index (χ2n) is 3.83. The molecule has 0 spiro atoms. The molecule has 0 fully saturated rings. The normalized spacial score (nSPS) is 10.8. The summed E-state index contributed by atoms with van der Waals surface area (Å²) in [6.45, 7) is 0. The lowest BCUT2D eigenvalue weighted by Gasteiger charge is -2.11. The summed E-state index contributed by atoms with van der Waals surface area (Å²) >= 11 is 0. The average molecular weight is 320 g/mol. The van der Waals surface area contributed by atoms with E-state index >= 15 is 0 Å². The molecule has 0 amide bonds. The number of nitrogens with two attached hydrogens (primary N) is 1. The van der Waals surface area contributed by atoms with Crippen LogP contribution in [0.4, 0.5) is 19.0 Å². The van der Waals surface area contributed by atoms with Crippen LogP contribution in [0.1, 0.15) is 15.9 Å². The number of hydrogen-bond donors (Lipinski definition) is 2. The van der Waals surface area contributed by atoms with Crippen LogP contribution in [0.5, 0.6) is 0 Å². The van der Waals surface area contributed by atoms with E-state index in [4.69, 9.17) is 10.8 Å². The van der Waals surface area contributed by atoms with Gasteiger partial charge in [0.1, 0.15) is 17.1 Å². The van der Waals surface area contributed by atoms with Crippen molar-refractivity contribution < 1.29 is 23.1 Å². The Kier molecular flexibility index (Phi) is 4.74. The molecule has 2 aromatic heterocycles. The van der Waals surface area contributed by atoms with E-state index in [9.17, 15) is 18.0 Å². The first-order chi connectivity index (χ1) is 9.30. The lowest BCUT2D eigenvalue weighted by atomic mass is 10.1. The fraction of sp³-hybridized carbons (Fsp3) is 0.0833. The van der Waals surface area contributed by atoms with E-state index in [0.29, 0.717) is 0 Å². The van der Waals surface area contributed by atoms with Crippen molar-refractivity contribution in [2.24, 2.45) is 0 Å². The standard InChI is InChI=1S/C12H8F3N3O2.ClH/c13-12(14,15)7-2-1-5-17-9(7)8-4-3-6(11(19)20)10(16)18-8;/h1-5H,(H2,16,18)(H,19,20);1H. The van der Waals surface area contributed by atoms with Gasteiger partial charge in [-0.1, -0.05) is 0 Å². The number of carboxylic acids is 1. The highest BCUT2D eigenvalue weighted by Crippen LogP contribution is 2.35. The van der Waals surface area contributed by atoms with E-state index in [2.05, 4.69) is 9.97 Å². The van der Waals surface area contributed by atoms with Gasteiger partial charge in [-0.3, -0.25) is 4.98 Å². The van der Waals surface area contributed by atoms with Gasteiger partial charge in [-0.2, -0.15) is 13.2 Å². The van der Waals surface area contributed by atoms with Gasteiger partial charge in [-0.15, -0.1) is 12.4 Å². The molecule has 3 N–H and O–H groups in total. The van der Waals surface area contributed by atoms with Gasteiger partial charge in [0, 0.05) is 6.20 Å². The Morgan fingerprint density at radius 3 is 2.43 bits per heavy atom. The third-order valence-electron chi connectivity index (χ3n) is 2.51. The number of pyridine rings is 2. The minimum atomic E-state index is -4.59. The van der Waals surface area contributed by atoms with E-state index in [1.807, 2.05) is 0 Å². The Balaban J connectivity index is 0.00000220. The second-order valence-corrected chi connectivity index (χ2v) is 3.83. The lowest BCUT2D eigenvalue weighted by Crippen LogP contribution is -2.10. The quantitative estimate of drug-likeness (QED) is 0.888. The molecule has 0 aromatic carbocycles. The Hall–Kier alpha value is -2.35. The van der Waals surface area contributed by atoms with Gasteiger partial charge < -0.3 is 10.8 Å². The van der Waals surface area contributed by atoms with Crippen molar-refractivity contribution in [3.05, 3.63) is 41.6 Å². The van der Waals surface area contributed by atoms with Crippen LogP contribution in [-0.4, -0.2) is 21.0 Å². The van der Waals surface area contributed by atoms with Crippen molar-refractivity contribution in [1.82, 2.24) is 9.97 Å². The number of nitrogens with zero attached hydrogens (tertiary/aromatic N) is 2. The van der Waals surface area contributed by atoms with Gasteiger partial charge in [-0.05, 0) is 24.3 Å². The van der Waals surface area contributed by atoms with Gasteiger partial charge in [0.05, 0.1) is 11.3 Å². The van der Waals surface area contributed by atoms with Crippen LogP contribution in [-0.2, 0) is 6.18 Å². The average Bonchev–Trinajstić information content (AvgIpc) is 2.37. The molecule has 0 bridgehead atoms. The molecule has 0 radical (unpaired) electrons. The number of anilines is 1. The molecule has 0 saturated carbocycles. The maximum Gasteiger partial charge on any atom is 0.418 e. The number of aromatic nitrogens is 2. The number of rotatable bonds is 2. The van der Waals surface area contributed by atoms with Gasteiger partial charge in [-0.25, -0.2) is 9.78 Å². The first-order valence-electron chi connectivity index (χ1n) is 5.33. The Labute approximate surface area is 123 Å². The van der Waals surface area contributed by atoms with Gasteiger partial charge in [0.25, 0.3) is 0 Å². The minimum absolute atomic E-state index is 0. The predicted molar refractivity (Wildman–Crippen MR) is 71.1 cm³/mol. The van der Waals surface area contributed by atoms with Gasteiger partial charge in [0.15, 0.2) is 0 Å². The molecule has 0 atom stereocenters. The van der Waals surface area contributed by atoms with Crippen LogP contribution in [0.25, 0.3) is 11.4 Å². The van der Waals surface area contributed by atoms with Crippen molar-refractivity contribution in [3.63, 3.8) is 0 Å². The van der Waals surface area contributed by atoms with Gasteiger partial charge in [0.2, 0.25) is 0 Å². The Morgan fingerprint density at radius 1 is 1.24 bits per heavy atom. The molecule has 9 heteroatoms. The Morgan fingerprint density at radius 2 is 1.90 bits per heavy atom. The molecule has 2 aromatic rings. The number of nitrogen functional groups attached to an aromatic ring is 1. The first kappa shape index (κ1) is 16.7. The summed E-state index contributed by atoms with van der Waals surface area (Å²) in [7, 11) is 0. The third kappa shape index (κ3) is 3.40. The largest absolute Gasteiger partial charge is 0.478 e. The maximum absolute atomic E-state index is 12.8. The summed E-state index contributed by atoms with van der Waals surface area (Å²) in [6.07, 6.45) is -3.40. The zero-order valence-corrected chi connectivity index (χ0v) is 11.1. The van der Waals surface area contributed by atoms with E-state index in [1.54, 1.807) is 0 Å². The summed E-state index contributed by atoms with van der Waals surface area (Å²) in [4.78, 5) is 18.1. The SMILES string of the molecule is Cl.Nc1nc(-c2ncccc2C(F)(F)F)ccc1C(=O)O. The van der Waals surface area contributed by atoms with Crippen LogP contribution in [0.3, 0.4) is 0 Å². The summed E-state index contributed by atoms with van der Waals surface area (Å²) < 4.78 is 38.5.